The molecule has 3 amide bonds. The molecule has 1 aliphatic rings. The number of nitrogens with one attached hydrogen (secondary N) is 3. The van der Waals surface area contributed by atoms with E-state index in [9.17, 15) is 45.9 Å². The predicted molar refractivity (Wildman–Crippen MR) is 302 cm³/mol. The van der Waals surface area contributed by atoms with Gasteiger partial charge >= 0.3 is 11.7 Å². The van der Waals surface area contributed by atoms with Gasteiger partial charge in [0.1, 0.15) is 44.9 Å². The number of nitrogens with zero attached hydrogens (tertiary/aromatic N) is 5. The van der Waals surface area contributed by atoms with Crippen LogP contribution in [0.1, 0.15) is 86.7 Å². The first-order valence-corrected chi connectivity index (χ1v) is 29.7. The molecule has 4 aromatic carbocycles. The summed E-state index contributed by atoms with van der Waals surface area (Å²) in [4.78, 5) is 68.2. The monoisotopic (exact) mass is 1150 g/mol. The van der Waals surface area contributed by atoms with Crippen molar-refractivity contribution in [3.8, 4) is 38.6 Å². The Morgan fingerprint density at radius 2 is 1.64 bits per heavy atom. The minimum absolute atomic E-state index is 0.0158. The summed E-state index contributed by atoms with van der Waals surface area (Å²) in [6.07, 6.45) is 0.964. The summed E-state index contributed by atoms with van der Waals surface area (Å²) in [5.74, 6) is -5.67. The fourth-order valence-corrected chi connectivity index (χ4v) is 12.5. The highest BCUT2D eigenvalue weighted by atomic mass is 32.2. The Bertz CT molecular complexity index is 3510. The normalized spacial score (nSPS) is 15.6. The summed E-state index contributed by atoms with van der Waals surface area (Å²) in [5.41, 5.74) is 13.0. The lowest BCUT2D eigenvalue weighted by Gasteiger charge is -2.34. The quantitative estimate of drug-likeness (QED) is 0.0259. The number of benzene rings is 4. The van der Waals surface area contributed by atoms with Crippen LogP contribution in [0.25, 0.3) is 43.7 Å². The van der Waals surface area contributed by atoms with Gasteiger partial charge in [0, 0.05) is 50.3 Å². The molecule has 4 heterocycles. The number of thiazole rings is 1. The third-order valence-electron chi connectivity index (χ3n) is 13.9. The Labute approximate surface area is 467 Å². The number of aryl methyl sites for hydroxylation is 2. The van der Waals surface area contributed by atoms with E-state index in [0.717, 1.165) is 21.7 Å². The van der Waals surface area contributed by atoms with Crippen molar-refractivity contribution < 1.29 is 55.3 Å². The van der Waals surface area contributed by atoms with Crippen LogP contribution >= 0.6 is 11.3 Å². The number of hydrogen-bond donors (Lipinski definition) is 5. The van der Waals surface area contributed by atoms with Crippen molar-refractivity contribution in [1.29, 1.82) is 0 Å². The Kier molecular flexibility index (Phi) is 18.1. The van der Waals surface area contributed by atoms with E-state index in [4.69, 9.17) is 20.3 Å². The van der Waals surface area contributed by atoms with Crippen molar-refractivity contribution >= 4 is 77.1 Å². The molecule has 0 bridgehead atoms. The zero-order valence-electron chi connectivity index (χ0n) is 44.8. The number of rotatable bonds is 21. The molecule has 1 fully saturated rings. The van der Waals surface area contributed by atoms with Crippen LogP contribution in [0.5, 0.6) is 5.75 Å². The van der Waals surface area contributed by atoms with Crippen LogP contribution in [0.15, 0.2) is 103 Å². The van der Waals surface area contributed by atoms with E-state index in [0.29, 0.717) is 51.7 Å². The maximum absolute atomic E-state index is 14.2. The van der Waals surface area contributed by atoms with Gasteiger partial charge in [-0.3, -0.25) is 23.8 Å². The van der Waals surface area contributed by atoms with Crippen LogP contribution in [-0.4, -0.2) is 103 Å². The van der Waals surface area contributed by atoms with Crippen molar-refractivity contribution in [3.63, 3.8) is 0 Å². The van der Waals surface area contributed by atoms with Crippen LogP contribution in [-0.2, 0) is 42.7 Å². The van der Waals surface area contributed by atoms with E-state index in [1.165, 1.54) is 47.4 Å². The molecule has 1 aliphatic heterocycles. The van der Waals surface area contributed by atoms with E-state index < -0.39 is 66.5 Å². The number of unbranched alkanes of at least 4 members (excludes halogenated alkanes) is 1. The van der Waals surface area contributed by atoms with E-state index in [-0.39, 0.29) is 73.1 Å². The van der Waals surface area contributed by atoms with Crippen molar-refractivity contribution in [2.75, 3.05) is 23.6 Å². The standard InChI is InChI=1S/C56H62F3N9O9S2Si/c1-31-49(78-30-63-31)36-12-10-33(11-13-36)27-62-52(71)43-26-40(69)29-68(43)53(72)50(56(3,4)5)80-66-45(70)9-7-8-24-76-54(73)37-16-14-35(15-17-37)41-28-61-51(60)46-47(64-67(6)48(41)46)38-20-23-42(65-79(74,75)55(58)59)44(25-38)77-32(2)34-18-21-39(57)22-19-34/h10-23,25,28,30,32,40,43,50,55,65,69H,7-9,24,26-27,29,80H2,1-6H3,(H2,60,61)(H,62,71)(H,66,70)/t32-,40+,43?,50+/m0/s1. The lowest BCUT2D eigenvalue weighted by Crippen LogP contribution is -2.50. The van der Waals surface area contributed by atoms with Crippen LogP contribution in [0.3, 0.4) is 0 Å². The average molecular weight is 1150 g/mol. The van der Waals surface area contributed by atoms with Gasteiger partial charge in [-0.2, -0.15) is 13.9 Å². The summed E-state index contributed by atoms with van der Waals surface area (Å²) >= 11 is 1.56. The van der Waals surface area contributed by atoms with Crippen LogP contribution in [0.4, 0.5) is 24.7 Å². The number of amides is 3. The molecule has 4 atom stereocenters. The first-order valence-electron chi connectivity index (χ1n) is 25.8. The number of alkyl halides is 2. The number of ether oxygens (including phenoxy) is 2. The number of pyridine rings is 1. The van der Waals surface area contributed by atoms with Gasteiger partial charge < -0.3 is 35.5 Å². The van der Waals surface area contributed by atoms with Crippen LogP contribution in [0.2, 0.25) is 5.54 Å². The second kappa shape index (κ2) is 24.8. The summed E-state index contributed by atoms with van der Waals surface area (Å²) in [7, 11) is -4.99. The minimum atomic E-state index is -5.10. The number of carbonyl (C=O) groups is 4. The van der Waals surface area contributed by atoms with Gasteiger partial charge in [-0.25, -0.2) is 27.6 Å². The number of aliphatic hydroxyl groups excluding tert-OH is 1. The molecule has 8 rings (SSSR count). The number of nitrogen functional groups attached to an aromatic ring is 1. The predicted octanol–water partition coefficient (Wildman–Crippen LogP) is 8.20. The number of fused-ring (bicyclic) bond motifs is 1. The van der Waals surface area contributed by atoms with Gasteiger partial charge in [-0.05, 0) is 90.8 Å². The molecule has 80 heavy (non-hydrogen) atoms. The maximum atomic E-state index is 14.2. The number of halogens is 3. The molecule has 1 unspecified atom stereocenters. The number of likely N-dealkylation sites (tertiary alicyclic amines) is 1. The minimum Gasteiger partial charge on any atom is -0.484 e. The summed E-state index contributed by atoms with van der Waals surface area (Å²) < 4.78 is 80.3. The Morgan fingerprint density at radius 1 is 0.950 bits per heavy atom. The molecular formula is C56H62F3N9O9S2Si. The number of aliphatic hydroxyl groups is 1. The molecule has 3 aromatic heterocycles. The van der Waals surface area contributed by atoms with E-state index >= 15 is 0 Å². The van der Waals surface area contributed by atoms with Crippen LogP contribution in [0, 0.1) is 18.2 Å². The molecule has 0 spiro atoms. The summed E-state index contributed by atoms with van der Waals surface area (Å²) in [6, 6.07) is 23.1. The number of esters is 1. The number of sulfonamides is 1. The molecule has 1 saturated heterocycles. The van der Waals surface area contributed by atoms with Gasteiger partial charge in [0.25, 0.3) is 10.0 Å². The smallest absolute Gasteiger partial charge is 0.355 e. The lowest BCUT2D eigenvalue weighted by molar-refractivity contribution is -0.140. The van der Waals surface area contributed by atoms with Crippen molar-refractivity contribution in [3.05, 3.63) is 131 Å². The second-order valence-electron chi connectivity index (χ2n) is 20.7. The highest BCUT2D eigenvalue weighted by Crippen LogP contribution is 2.41. The Hall–Kier alpha value is -7.67. The molecule has 18 nitrogen and oxygen atoms in total. The number of nitrogens with two attached hydrogens (primary N) is 1. The number of anilines is 2. The van der Waals surface area contributed by atoms with Crippen LogP contribution < -0.4 is 25.5 Å². The lowest BCUT2D eigenvalue weighted by atomic mass is 9.90. The van der Waals surface area contributed by atoms with E-state index in [1.54, 1.807) is 66.0 Å². The highest BCUT2D eigenvalue weighted by Gasteiger charge is 2.44. The highest BCUT2D eigenvalue weighted by molar-refractivity contribution is 7.93. The molecule has 24 heteroatoms. The van der Waals surface area contributed by atoms with Gasteiger partial charge in [-0.15, -0.1) is 11.3 Å². The maximum Gasteiger partial charge on any atom is 0.355 e. The molecule has 0 saturated carbocycles. The molecule has 422 valence electrons. The first kappa shape index (κ1) is 58.5. The molecule has 7 aromatic rings. The average Bonchev–Trinajstić information content (AvgIpc) is 4.21. The summed E-state index contributed by atoms with van der Waals surface area (Å²) in [5, 5.41) is 18.7. The van der Waals surface area contributed by atoms with Gasteiger partial charge in [0.15, 0.2) is 0 Å². The van der Waals surface area contributed by atoms with Gasteiger partial charge in [0.2, 0.25) is 17.7 Å². The fraction of sp³-hybridized carbons (Fsp3) is 0.339. The SMILES string of the molecule is Cc1ncsc1-c1ccc(CNC(=O)C2C[C@@H](O)CN2C(=O)[C@@H]([SiH2]NC(=O)CCCCOC(=O)c2ccc(-c3cnc(N)c4c(-c5ccc(NS(=O)(=O)C(F)F)c(O[C@@H](C)c6ccc(F)cc6)c5)nn(C)c34)cc2)C(C)(C)C)cc1. The van der Waals surface area contributed by atoms with E-state index in [2.05, 4.69) is 20.3 Å². The fourth-order valence-electron chi connectivity index (χ4n) is 9.45. The second-order valence-corrected chi connectivity index (χ2v) is 24.7. The zero-order chi connectivity index (χ0) is 57.6. The third kappa shape index (κ3) is 13.7. The Morgan fingerprint density at radius 3 is 2.30 bits per heavy atom. The summed E-state index contributed by atoms with van der Waals surface area (Å²) in [6.45, 7) is 9.64. The molecule has 0 aliphatic carbocycles. The molecule has 6 N–H and O–H groups in total. The number of hydrogen-bond acceptors (Lipinski definition) is 14. The Balaban J connectivity index is 0.844. The van der Waals surface area contributed by atoms with Crippen molar-refractivity contribution in [1.82, 2.24) is 34.9 Å². The zero-order valence-corrected chi connectivity index (χ0v) is 47.9. The van der Waals surface area contributed by atoms with Gasteiger partial charge in [-0.1, -0.05) is 75.4 Å². The van der Waals surface area contributed by atoms with E-state index in [1.807, 2.05) is 56.7 Å². The largest absolute Gasteiger partial charge is 0.484 e. The third-order valence-corrected chi connectivity index (χ3v) is 18.4. The topological polar surface area (TPSA) is 250 Å². The van der Waals surface area contributed by atoms with Crippen molar-refractivity contribution in [2.45, 2.75) is 96.4 Å². The number of β-amino-alcohol motifs (C(OH)–C–C–N with tert-alkyl or cyclic N) is 1. The number of carbonyl (C=O) groups excluding carboxylic acids is 4. The first-order chi connectivity index (χ1) is 38.0. The number of aromatic nitrogens is 4. The van der Waals surface area contributed by atoms with Gasteiger partial charge in [0.05, 0.1) is 56.5 Å². The van der Waals surface area contributed by atoms with Crippen molar-refractivity contribution in [2.24, 2.45) is 12.5 Å². The molecular weight excluding hydrogens is 1090 g/mol. The molecule has 0 radical (unpaired) electrons.